The highest BCUT2D eigenvalue weighted by molar-refractivity contribution is 6.10. The van der Waals surface area contributed by atoms with Crippen LogP contribution in [0.2, 0.25) is 0 Å². The van der Waals surface area contributed by atoms with Gasteiger partial charge in [-0.15, -0.1) is 0 Å². The number of methoxy groups -OCH3 is 1. The van der Waals surface area contributed by atoms with E-state index in [0.29, 0.717) is 23.7 Å². The predicted molar refractivity (Wildman–Crippen MR) is 108 cm³/mol. The number of anilines is 2. The van der Waals surface area contributed by atoms with Gasteiger partial charge in [-0.2, -0.15) is 0 Å². The number of hydrogen-bond donors (Lipinski definition) is 1. The Hall–Kier alpha value is -2.99. The fraction of sp³-hybridized carbons (Fsp3) is 0.286. The molecule has 0 radical (unpaired) electrons. The highest BCUT2D eigenvalue weighted by Crippen LogP contribution is 2.37. The molecule has 1 aliphatic heterocycles. The largest absolute Gasteiger partial charge is 0.497 e. The molecule has 1 amide bonds. The molecule has 6 nitrogen and oxygen atoms in total. The highest BCUT2D eigenvalue weighted by Gasteiger charge is 2.30. The second kappa shape index (κ2) is 8.14. The third kappa shape index (κ3) is 4.41. The van der Waals surface area contributed by atoms with Crippen LogP contribution in [0, 0.1) is 0 Å². The van der Waals surface area contributed by atoms with Crippen LogP contribution in [0.5, 0.6) is 11.5 Å². The first-order chi connectivity index (χ1) is 13.0. The molecule has 0 bridgehead atoms. The summed E-state index contributed by atoms with van der Waals surface area (Å²) in [7, 11) is 5.64. The molecule has 0 fully saturated rings. The minimum absolute atomic E-state index is 0.172. The maximum absolute atomic E-state index is 13.1. The summed E-state index contributed by atoms with van der Waals surface area (Å²) in [5.41, 5.74) is 8.07. The SMILES string of the molecule is COc1cccc(/C=C2/Oc3ccc(N)cc3N(CCCN(C)C)C2=O)c1. The maximum Gasteiger partial charge on any atom is 0.294 e. The number of carbonyl (C=O) groups excluding carboxylic acids is 1. The van der Waals surface area contributed by atoms with Gasteiger partial charge in [-0.05, 0) is 69.0 Å². The molecule has 1 heterocycles. The molecule has 0 saturated heterocycles. The van der Waals surface area contributed by atoms with E-state index in [2.05, 4.69) is 4.90 Å². The van der Waals surface area contributed by atoms with Crippen LogP contribution in [-0.2, 0) is 4.79 Å². The average molecular weight is 367 g/mol. The molecule has 0 aromatic heterocycles. The Kier molecular flexibility index (Phi) is 5.66. The van der Waals surface area contributed by atoms with Crippen LogP contribution >= 0.6 is 0 Å². The molecule has 0 atom stereocenters. The lowest BCUT2D eigenvalue weighted by molar-refractivity contribution is -0.117. The van der Waals surface area contributed by atoms with Gasteiger partial charge >= 0.3 is 0 Å². The van der Waals surface area contributed by atoms with Gasteiger partial charge in [0.1, 0.15) is 5.75 Å². The summed E-state index contributed by atoms with van der Waals surface area (Å²) in [6.07, 6.45) is 2.59. The third-order valence-corrected chi connectivity index (χ3v) is 4.33. The summed E-state index contributed by atoms with van der Waals surface area (Å²) in [6.45, 7) is 1.48. The number of rotatable bonds is 6. The smallest absolute Gasteiger partial charge is 0.294 e. The van der Waals surface area contributed by atoms with Crippen LogP contribution in [0.15, 0.2) is 48.2 Å². The predicted octanol–water partition coefficient (Wildman–Crippen LogP) is 3.00. The van der Waals surface area contributed by atoms with Gasteiger partial charge in [-0.1, -0.05) is 12.1 Å². The maximum atomic E-state index is 13.1. The quantitative estimate of drug-likeness (QED) is 0.628. The Morgan fingerprint density at radius 2 is 2.04 bits per heavy atom. The van der Waals surface area contributed by atoms with Gasteiger partial charge in [-0.3, -0.25) is 4.79 Å². The van der Waals surface area contributed by atoms with Gasteiger partial charge in [0.15, 0.2) is 11.5 Å². The van der Waals surface area contributed by atoms with Crippen molar-refractivity contribution in [1.82, 2.24) is 4.90 Å². The van der Waals surface area contributed by atoms with E-state index in [-0.39, 0.29) is 11.7 Å². The first-order valence-electron chi connectivity index (χ1n) is 8.87. The Morgan fingerprint density at radius 3 is 2.78 bits per heavy atom. The van der Waals surface area contributed by atoms with E-state index in [1.165, 1.54) is 0 Å². The van der Waals surface area contributed by atoms with Gasteiger partial charge in [0.05, 0.1) is 12.8 Å². The number of fused-ring (bicyclic) bond motifs is 1. The highest BCUT2D eigenvalue weighted by atomic mass is 16.5. The van der Waals surface area contributed by atoms with Gasteiger partial charge in [0, 0.05) is 12.2 Å². The second-order valence-corrected chi connectivity index (χ2v) is 6.73. The molecular weight excluding hydrogens is 342 g/mol. The average Bonchev–Trinajstić information content (AvgIpc) is 2.65. The van der Waals surface area contributed by atoms with Crippen molar-refractivity contribution in [2.24, 2.45) is 0 Å². The molecule has 27 heavy (non-hydrogen) atoms. The molecule has 2 aromatic carbocycles. The van der Waals surface area contributed by atoms with E-state index in [9.17, 15) is 4.79 Å². The molecule has 0 unspecified atom stereocenters. The van der Waals surface area contributed by atoms with E-state index in [1.807, 2.05) is 38.4 Å². The first kappa shape index (κ1) is 18.8. The van der Waals surface area contributed by atoms with Gasteiger partial charge < -0.3 is 25.0 Å². The van der Waals surface area contributed by atoms with Crippen LogP contribution in [-0.4, -0.2) is 45.1 Å². The van der Waals surface area contributed by atoms with Gasteiger partial charge in [-0.25, -0.2) is 0 Å². The topological polar surface area (TPSA) is 68.0 Å². The Morgan fingerprint density at radius 1 is 1.22 bits per heavy atom. The zero-order valence-electron chi connectivity index (χ0n) is 15.9. The molecule has 2 N–H and O–H groups in total. The van der Waals surface area contributed by atoms with E-state index in [1.54, 1.807) is 36.3 Å². The number of nitrogens with two attached hydrogens (primary N) is 1. The molecule has 2 aromatic rings. The van der Waals surface area contributed by atoms with E-state index in [4.69, 9.17) is 15.2 Å². The summed E-state index contributed by atoms with van der Waals surface area (Å²) in [4.78, 5) is 16.9. The number of ether oxygens (including phenoxy) is 2. The molecule has 6 heteroatoms. The fourth-order valence-electron chi connectivity index (χ4n) is 2.98. The Labute approximate surface area is 159 Å². The Balaban J connectivity index is 1.94. The summed E-state index contributed by atoms with van der Waals surface area (Å²) in [5, 5.41) is 0. The van der Waals surface area contributed by atoms with Crippen molar-refractivity contribution < 1.29 is 14.3 Å². The molecule has 3 rings (SSSR count). The van der Waals surface area contributed by atoms with Crippen LogP contribution < -0.4 is 20.1 Å². The Bertz CT molecular complexity index is 862. The van der Waals surface area contributed by atoms with Crippen LogP contribution in [0.25, 0.3) is 6.08 Å². The molecule has 1 aliphatic rings. The van der Waals surface area contributed by atoms with Crippen molar-refractivity contribution >= 4 is 23.4 Å². The normalized spacial score (nSPS) is 15.0. The number of benzene rings is 2. The number of amides is 1. The lowest BCUT2D eigenvalue weighted by atomic mass is 10.1. The lowest BCUT2D eigenvalue weighted by Gasteiger charge is -2.31. The fourth-order valence-corrected chi connectivity index (χ4v) is 2.98. The van der Waals surface area contributed by atoms with Crippen LogP contribution in [0.1, 0.15) is 12.0 Å². The molecule has 0 aliphatic carbocycles. The second-order valence-electron chi connectivity index (χ2n) is 6.73. The zero-order valence-corrected chi connectivity index (χ0v) is 15.9. The number of nitrogen functional groups attached to an aromatic ring is 1. The van der Waals surface area contributed by atoms with Crippen molar-refractivity contribution in [3.8, 4) is 11.5 Å². The van der Waals surface area contributed by atoms with Crippen molar-refractivity contribution in [2.75, 3.05) is 44.9 Å². The molecule has 0 saturated carbocycles. The van der Waals surface area contributed by atoms with Crippen molar-refractivity contribution in [3.63, 3.8) is 0 Å². The number of hydrogen-bond acceptors (Lipinski definition) is 5. The molecule has 0 spiro atoms. The van der Waals surface area contributed by atoms with Gasteiger partial charge in [0.25, 0.3) is 5.91 Å². The summed E-state index contributed by atoms with van der Waals surface area (Å²) in [6, 6.07) is 12.9. The number of nitrogens with zero attached hydrogens (tertiary/aromatic N) is 2. The minimum atomic E-state index is -0.172. The monoisotopic (exact) mass is 367 g/mol. The van der Waals surface area contributed by atoms with Gasteiger partial charge in [0.2, 0.25) is 0 Å². The van der Waals surface area contributed by atoms with E-state index in [0.717, 1.165) is 24.3 Å². The lowest BCUT2D eigenvalue weighted by Crippen LogP contribution is -2.39. The summed E-state index contributed by atoms with van der Waals surface area (Å²) in [5.74, 6) is 1.46. The van der Waals surface area contributed by atoms with E-state index >= 15 is 0 Å². The van der Waals surface area contributed by atoms with Crippen LogP contribution in [0.4, 0.5) is 11.4 Å². The van der Waals surface area contributed by atoms with E-state index < -0.39 is 0 Å². The van der Waals surface area contributed by atoms with Crippen LogP contribution in [0.3, 0.4) is 0 Å². The zero-order chi connectivity index (χ0) is 19.4. The molecular formula is C21H25N3O3. The van der Waals surface area contributed by atoms with Crippen molar-refractivity contribution in [1.29, 1.82) is 0 Å². The minimum Gasteiger partial charge on any atom is -0.497 e. The summed E-state index contributed by atoms with van der Waals surface area (Å²) < 4.78 is 11.2. The summed E-state index contributed by atoms with van der Waals surface area (Å²) >= 11 is 0. The first-order valence-corrected chi connectivity index (χ1v) is 8.87. The third-order valence-electron chi connectivity index (χ3n) is 4.33. The van der Waals surface area contributed by atoms with Crippen molar-refractivity contribution in [2.45, 2.75) is 6.42 Å². The van der Waals surface area contributed by atoms with Crippen molar-refractivity contribution in [3.05, 3.63) is 53.8 Å². The number of carbonyl (C=O) groups is 1. The molecule has 142 valence electrons. The standard InChI is InChI=1S/C21H25N3O3/c1-23(2)10-5-11-24-18-14-16(22)8-9-19(18)27-20(21(24)25)13-15-6-4-7-17(12-15)26-3/h4,6-9,12-14H,5,10-11,22H2,1-3H3/b20-13+.